The Morgan fingerprint density at radius 2 is 2.18 bits per heavy atom. The summed E-state index contributed by atoms with van der Waals surface area (Å²) in [5.74, 6) is -0.306. The lowest BCUT2D eigenvalue weighted by Gasteiger charge is -2.08. The fourth-order valence-corrected chi connectivity index (χ4v) is 1.33. The zero-order chi connectivity index (χ0) is 12.5. The maximum absolute atomic E-state index is 11.6. The van der Waals surface area contributed by atoms with E-state index in [1.165, 1.54) is 0 Å². The molecule has 0 aliphatic heterocycles. The number of aliphatic imine (C=N–C) groups is 1. The van der Waals surface area contributed by atoms with Crippen LogP contribution in [0.4, 0.5) is 0 Å². The van der Waals surface area contributed by atoms with E-state index in [-0.39, 0.29) is 5.97 Å². The number of carbonyl (C=O) groups excluding carboxylic acids is 1. The number of hydrogen-bond donors (Lipinski definition) is 0. The number of hydrogen-bond acceptors (Lipinski definition) is 3. The van der Waals surface area contributed by atoms with E-state index in [0.717, 1.165) is 5.56 Å². The first-order valence-electron chi connectivity index (χ1n) is 5.63. The molecule has 0 saturated carbocycles. The van der Waals surface area contributed by atoms with Crippen molar-refractivity contribution < 1.29 is 9.53 Å². The van der Waals surface area contributed by atoms with Crippen LogP contribution in [-0.4, -0.2) is 24.8 Å². The van der Waals surface area contributed by atoms with E-state index in [0.29, 0.717) is 13.0 Å². The third-order valence-electron chi connectivity index (χ3n) is 2.15. The van der Waals surface area contributed by atoms with Gasteiger partial charge < -0.3 is 4.74 Å². The van der Waals surface area contributed by atoms with Crippen molar-refractivity contribution in [3.05, 3.63) is 48.6 Å². The van der Waals surface area contributed by atoms with Crippen molar-refractivity contribution in [3.63, 3.8) is 0 Å². The maximum atomic E-state index is 11.6. The summed E-state index contributed by atoms with van der Waals surface area (Å²) < 4.78 is 4.94. The summed E-state index contributed by atoms with van der Waals surface area (Å²) in [5, 5.41) is 0. The molecule has 3 heteroatoms. The van der Waals surface area contributed by atoms with Gasteiger partial charge in [-0.1, -0.05) is 36.4 Å². The van der Waals surface area contributed by atoms with Gasteiger partial charge in [0.15, 0.2) is 6.04 Å². The molecule has 0 heterocycles. The second-order valence-electron chi connectivity index (χ2n) is 3.48. The van der Waals surface area contributed by atoms with Gasteiger partial charge in [0.1, 0.15) is 0 Å². The van der Waals surface area contributed by atoms with Crippen molar-refractivity contribution in [2.75, 3.05) is 6.61 Å². The highest BCUT2D eigenvalue weighted by molar-refractivity contribution is 5.84. The lowest BCUT2D eigenvalue weighted by Crippen LogP contribution is -2.21. The van der Waals surface area contributed by atoms with E-state index in [1.807, 2.05) is 30.3 Å². The van der Waals surface area contributed by atoms with Gasteiger partial charge in [-0.25, -0.2) is 4.79 Å². The van der Waals surface area contributed by atoms with Crippen LogP contribution in [0, 0.1) is 0 Å². The molecule has 1 atom stereocenters. The molecule has 0 aromatic heterocycles. The minimum atomic E-state index is -0.493. The third kappa shape index (κ3) is 4.64. The van der Waals surface area contributed by atoms with Gasteiger partial charge in [0, 0.05) is 6.21 Å². The van der Waals surface area contributed by atoms with Gasteiger partial charge in [-0.2, -0.15) is 0 Å². The van der Waals surface area contributed by atoms with Crippen molar-refractivity contribution in [1.29, 1.82) is 0 Å². The van der Waals surface area contributed by atoms with E-state index in [4.69, 9.17) is 4.74 Å². The smallest absolute Gasteiger partial charge is 0.331 e. The Morgan fingerprint density at radius 1 is 1.47 bits per heavy atom. The number of rotatable bonds is 6. The Bertz CT molecular complexity index is 384. The summed E-state index contributed by atoms with van der Waals surface area (Å²) in [5.41, 5.74) is 0.964. The molecule has 1 aromatic rings. The van der Waals surface area contributed by atoms with Crippen LogP contribution in [0.5, 0.6) is 0 Å². The van der Waals surface area contributed by atoms with E-state index < -0.39 is 6.04 Å². The quantitative estimate of drug-likeness (QED) is 0.429. The molecule has 0 fully saturated rings. The van der Waals surface area contributed by atoms with E-state index in [9.17, 15) is 4.79 Å². The molecule has 0 amide bonds. The predicted octanol–water partition coefficient (Wildman–Crippen LogP) is 2.61. The molecule has 0 N–H and O–H groups in total. The van der Waals surface area contributed by atoms with Gasteiger partial charge >= 0.3 is 5.97 Å². The zero-order valence-corrected chi connectivity index (χ0v) is 10.0. The molecule has 0 spiro atoms. The largest absolute Gasteiger partial charge is 0.464 e. The summed E-state index contributed by atoms with van der Waals surface area (Å²) in [4.78, 5) is 15.8. The Kier molecular flexibility index (Phi) is 5.72. The molecule has 1 rings (SSSR count). The zero-order valence-electron chi connectivity index (χ0n) is 10.0. The molecule has 0 radical (unpaired) electrons. The summed E-state index contributed by atoms with van der Waals surface area (Å²) >= 11 is 0. The van der Waals surface area contributed by atoms with Crippen LogP contribution in [0.25, 0.3) is 0 Å². The fraction of sp³-hybridized carbons (Fsp3) is 0.286. The Balaban J connectivity index is 2.69. The van der Waals surface area contributed by atoms with Gasteiger partial charge in [0.2, 0.25) is 0 Å². The molecule has 0 aliphatic rings. The van der Waals surface area contributed by atoms with Gasteiger partial charge in [-0.15, -0.1) is 6.58 Å². The molecule has 0 unspecified atom stereocenters. The van der Waals surface area contributed by atoms with Gasteiger partial charge in [-0.05, 0) is 18.9 Å². The Hall–Kier alpha value is -1.90. The van der Waals surface area contributed by atoms with Crippen LogP contribution < -0.4 is 0 Å². The van der Waals surface area contributed by atoms with Crippen LogP contribution in [0.3, 0.4) is 0 Å². The van der Waals surface area contributed by atoms with Crippen molar-refractivity contribution in [1.82, 2.24) is 0 Å². The predicted molar refractivity (Wildman–Crippen MR) is 69.3 cm³/mol. The average Bonchev–Trinajstić information content (AvgIpc) is 2.36. The second kappa shape index (κ2) is 7.39. The van der Waals surface area contributed by atoms with E-state index in [2.05, 4.69) is 11.6 Å². The second-order valence-corrected chi connectivity index (χ2v) is 3.48. The van der Waals surface area contributed by atoms with Crippen LogP contribution in [-0.2, 0) is 9.53 Å². The number of nitrogens with zero attached hydrogens (tertiary/aromatic N) is 1. The molecule has 0 aliphatic carbocycles. The lowest BCUT2D eigenvalue weighted by atomic mass is 10.2. The number of ether oxygens (including phenoxy) is 1. The SMILES string of the molecule is C=CC[C@H](N=Cc1ccccc1)C(=O)OCC. The first-order chi connectivity index (χ1) is 8.27. The number of esters is 1. The van der Waals surface area contributed by atoms with E-state index in [1.54, 1.807) is 19.2 Å². The van der Waals surface area contributed by atoms with Crippen LogP contribution in [0.15, 0.2) is 48.0 Å². The summed E-state index contributed by atoms with van der Waals surface area (Å²) in [6.45, 7) is 5.77. The molecule has 17 heavy (non-hydrogen) atoms. The average molecular weight is 231 g/mol. The van der Waals surface area contributed by atoms with Crippen molar-refractivity contribution in [2.24, 2.45) is 4.99 Å². The summed E-state index contributed by atoms with van der Waals surface area (Å²) in [6.07, 6.45) is 3.84. The van der Waals surface area contributed by atoms with E-state index >= 15 is 0 Å². The molecule has 0 bridgehead atoms. The molecular weight excluding hydrogens is 214 g/mol. The van der Waals surface area contributed by atoms with Gasteiger partial charge in [-0.3, -0.25) is 4.99 Å². The lowest BCUT2D eigenvalue weighted by molar-refractivity contribution is -0.144. The van der Waals surface area contributed by atoms with Crippen molar-refractivity contribution in [2.45, 2.75) is 19.4 Å². The van der Waals surface area contributed by atoms with Gasteiger partial charge in [0.25, 0.3) is 0 Å². The summed E-state index contributed by atoms with van der Waals surface area (Å²) in [7, 11) is 0. The molecular formula is C14H17NO2. The van der Waals surface area contributed by atoms with Crippen molar-refractivity contribution in [3.8, 4) is 0 Å². The first kappa shape index (κ1) is 13.2. The minimum absolute atomic E-state index is 0.306. The third-order valence-corrected chi connectivity index (χ3v) is 2.15. The van der Waals surface area contributed by atoms with Crippen LogP contribution >= 0.6 is 0 Å². The number of benzene rings is 1. The Labute approximate surface area is 102 Å². The highest BCUT2D eigenvalue weighted by atomic mass is 16.5. The normalized spacial score (nSPS) is 12.3. The van der Waals surface area contributed by atoms with Crippen LogP contribution in [0.1, 0.15) is 18.9 Å². The minimum Gasteiger partial charge on any atom is -0.464 e. The molecule has 90 valence electrons. The van der Waals surface area contributed by atoms with Crippen molar-refractivity contribution >= 4 is 12.2 Å². The van der Waals surface area contributed by atoms with Gasteiger partial charge in [0.05, 0.1) is 6.61 Å². The monoisotopic (exact) mass is 231 g/mol. The Morgan fingerprint density at radius 3 is 2.76 bits per heavy atom. The highest BCUT2D eigenvalue weighted by Crippen LogP contribution is 2.03. The summed E-state index contributed by atoms with van der Waals surface area (Å²) in [6, 6.07) is 9.15. The molecule has 3 nitrogen and oxygen atoms in total. The van der Waals surface area contributed by atoms with Crippen LogP contribution in [0.2, 0.25) is 0 Å². The topological polar surface area (TPSA) is 38.7 Å². The highest BCUT2D eigenvalue weighted by Gasteiger charge is 2.15. The molecule has 0 saturated heterocycles. The maximum Gasteiger partial charge on any atom is 0.331 e. The first-order valence-corrected chi connectivity index (χ1v) is 5.63. The standard InChI is InChI=1S/C14H17NO2/c1-3-8-13(14(16)17-4-2)15-11-12-9-6-5-7-10-12/h3,5-7,9-11,13H,1,4,8H2,2H3/t13-/m0/s1. The fourth-order valence-electron chi connectivity index (χ4n) is 1.33. The number of carbonyl (C=O) groups is 1. The molecule has 1 aromatic carbocycles.